The van der Waals surface area contributed by atoms with E-state index in [2.05, 4.69) is 15.6 Å². The minimum Gasteiger partial charge on any atom is -0.381 e. The molecule has 1 saturated heterocycles. The summed E-state index contributed by atoms with van der Waals surface area (Å²) >= 11 is 0. The van der Waals surface area contributed by atoms with Crippen molar-refractivity contribution in [3.8, 4) is 0 Å². The number of anilines is 2. The quantitative estimate of drug-likeness (QED) is 0.867. The minimum atomic E-state index is -2.87. The van der Waals surface area contributed by atoms with Crippen molar-refractivity contribution in [3.05, 3.63) is 18.3 Å². The highest BCUT2D eigenvalue weighted by atomic mass is 32.2. The Labute approximate surface area is 108 Å². The molecule has 1 fully saturated rings. The molecule has 1 aromatic heterocycles. The van der Waals surface area contributed by atoms with E-state index in [0.717, 1.165) is 30.9 Å². The maximum absolute atomic E-state index is 11.6. The van der Waals surface area contributed by atoms with Gasteiger partial charge >= 0.3 is 0 Å². The second-order valence-electron chi connectivity index (χ2n) is 4.56. The third-order valence-electron chi connectivity index (χ3n) is 2.95. The maximum Gasteiger partial charge on any atom is 0.152 e. The van der Waals surface area contributed by atoms with Gasteiger partial charge in [0.25, 0.3) is 0 Å². The summed E-state index contributed by atoms with van der Waals surface area (Å²) in [4.78, 5) is 4.18. The normalized spacial score (nSPS) is 22.4. The number of sulfone groups is 1. The molecular formula is C12H19N3O2S. The predicted molar refractivity (Wildman–Crippen MR) is 73.7 cm³/mol. The van der Waals surface area contributed by atoms with Gasteiger partial charge in [-0.2, -0.15) is 0 Å². The van der Waals surface area contributed by atoms with Gasteiger partial charge in [-0.05, 0) is 25.8 Å². The van der Waals surface area contributed by atoms with Crippen molar-refractivity contribution >= 4 is 21.3 Å². The average Bonchev–Trinajstić information content (AvgIpc) is 2.28. The van der Waals surface area contributed by atoms with Crippen LogP contribution in [-0.2, 0) is 9.84 Å². The van der Waals surface area contributed by atoms with Crippen LogP contribution in [0.3, 0.4) is 0 Å². The molecule has 0 aliphatic carbocycles. The lowest BCUT2D eigenvalue weighted by Gasteiger charge is -2.24. The molecule has 1 atom stereocenters. The molecule has 1 aliphatic heterocycles. The van der Waals surface area contributed by atoms with Crippen LogP contribution in [0.4, 0.5) is 11.5 Å². The molecule has 100 valence electrons. The van der Waals surface area contributed by atoms with E-state index in [0.29, 0.717) is 5.75 Å². The molecule has 2 N–H and O–H groups in total. The van der Waals surface area contributed by atoms with Crippen LogP contribution < -0.4 is 10.6 Å². The number of pyridine rings is 1. The molecule has 18 heavy (non-hydrogen) atoms. The topological polar surface area (TPSA) is 71.1 Å². The van der Waals surface area contributed by atoms with E-state index in [4.69, 9.17) is 0 Å². The molecule has 0 bridgehead atoms. The molecule has 0 aromatic carbocycles. The Morgan fingerprint density at radius 1 is 1.50 bits per heavy atom. The Bertz CT molecular complexity index is 502. The summed E-state index contributed by atoms with van der Waals surface area (Å²) in [5.41, 5.74) is 0.919. The Morgan fingerprint density at radius 3 is 3.06 bits per heavy atom. The third-order valence-corrected chi connectivity index (χ3v) is 4.77. The van der Waals surface area contributed by atoms with Gasteiger partial charge in [0.2, 0.25) is 0 Å². The molecular weight excluding hydrogens is 250 g/mol. The summed E-state index contributed by atoms with van der Waals surface area (Å²) in [6.07, 6.45) is 3.36. The van der Waals surface area contributed by atoms with E-state index in [1.165, 1.54) is 0 Å². The van der Waals surface area contributed by atoms with Crippen LogP contribution in [-0.4, -0.2) is 37.5 Å². The van der Waals surface area contributed by atoms with E-state index in [-0.39, 0.29) is 11.8 Å². The number of nitrogens with one attached hydrogen (secondary N) is 2. The molecule has 6 heteroatoms. The van der Waals surface area contributed by atoms with Crippen molar-refractivity contribution in [2.75, 3.05) is 28.7 Å². The van der Waals surface area contributed by atoms with Crippen molar-refractivity contribution in [2.24, 2.45) is 0 Å². The first-order chi connectivity index (χ1) is 8.59. The van der Waals surface area contributed by atoms with Crippen LogP contribution >= 0.6 is 0 Å². The first-order valence-corrected chi connectivity index (χ1v) is 8.08. The fraction of sp³-hybridized carbons (Fsp3) is 0.583. The molecule has 1 aromatic rings. The van der Waals surface area contributed by atoms with Crippen LogP contribution in [0.2, 0.25) is 0 Å². The first kappa shape index (κ1) is 13.1. The van der Waals surface area contributed by atoms with Gasteiger partial charge in [0.1, 0.15) is 5.82 Å². The standard InChI is InChI=1S/C12H19N3O2S/c1-2-13-12-8-10(5-6-14-12)15-11-4-3-7-18(16,17)9-11/h5-6,8,11H,2-4,7,9H2,1H3,(H2,13,14,15). The summed E-state index contributed by atoms with van der Waals surface area (Å²) < 4.78 is 23.1. The van der Waals surface area contributed by atoms with Gasteiger partial charge in [0.05, 0.1) is 11.5 Å². The van der Waals surface area contributed by atoms with Crippen molar-refractivity contribution in [3.63, 3.8) is 0 Å². The molecule has 2 rings (SSSR count). The van der Waals surface area contributed by atoms with Gasteiger partial charge in [0, 0.05) is 30.5 Å². The smallest absolute Gasteiger partial charge is 0.152 e. The largest absolute Gasteiger partial charge is 0.381 e. The third kappa shape index (κ3) is 3.60. The summed E-state index contributed by atoms with van der Waals surface area (Å²) in [6, 6.07) is 3.79. The molecule has 1 aliphatic rings. The van der Waals surface area contributed by atoms with Gasteiger partial charge in [-0.25, -0.2) is 13.4 Å². The van der Waals surface area contributed by atoms with Gasteiger partial charge < -0.3 is 10.6 Å². The number of aromatic nitrogens is 1. The monoisotopic (exact) mass is 269 g/mol. The molecule has 2 heterocycles. The van der Waals surface area contributed by atoms with Crippen molar-refractivity contribution < 1.29 is 8.42 Å². The fourth-order valence-corrected chi connectivity index (χ4v) is 3.81. The van der Waals surface area contributed by atoms with Crippen LogP contribution in [0.15, 0.2) is 18.3 Å². The van der Waals surface area contributed by atoms with Crippen LogP contribution in [0.25, 0.3) is 0 Å². The van der Waals surface area contributed by atoms with Gasteiger partial charge in [-0.15, -0.1) is 0 Å². The molecule has 5 nitrogen and oxygen atoms in total. The number of rotatable bonds is 4. The number of hydrogen-bond donors (Lipinski definition) is 2. The van der Waals surface area contributed by atoms with Gasteiger partial charge in [-0.3, -0.25) is 0 Å². The Hall–Kier alpha value is -1.30. The SMILES string of the molecule is CCNc1cc(NC2CCCS(=O)(=O)C2)ccn1. The lowest BCUT2D eigenvalue weighted by Crippen LogP contribution is -2.34. The zero-order valence-corrected chi connectivity index (χ0v) is 11.3. The molecule has 0 amide bonds. The Balaban J connectivity index is 2.02. The van der Waals surface area contributed by atoms with Crippen LogP contribution in [0, 0.1) is 0 Å². The first-order valence-electron chi connectivity index (χ1n) is 6.26. The highest BCUT2D eigenvalue weighted by Gasteiger charge is 2.24. The molecule has 0 saturated carbocycles. The zero-order valence-electron chi connectivity index (χ0n) is 10.5. The Kier molecular flexibility index (Phi) is 4.06. The summed E-state index contributed by atoms with van der Waals surface area (Å²) in [5, 5.41) is 6.41. The second kappa shape index (κ2) is 5.56. The van der Waals surface area contributed by atoms with Crippen LogP contribution in [0.5, 0.6) is 0 Å². The van der Waals surface area contributed by atoms with E-state index in [9.17, 15) is 8.42 Å². The summed E-state index contributed by atoms with van der Waals surface area (Å²) in [7, 11) is -2.87. The van der Waals surface area contributed by atoms with Crippen LogP contribution in [0.1, 0.15) is 19.8 Å². The lowest BCUT2D eigenvalue weighted by atomic mass is 10.2. The average molecular weight is 269 g/mol. The minimum absolute atomic E-state index is 0.0145. The van der Waals surface area contributed by atoms with E-state index < -0.39 is 9.84 Å². The highest BCUT2D eigenvalue weighted by molar-refractivity contribution is 7.91. The fourth-order valence-electron chi connectivity index (χ4n) is 2.17. The predicted octanol–water partition coefficient (Wildman–Crippen LogP) is 1.50. The number of hydrogen-bond acceptors (Lipinski definition) is 5. The van der Waals surface area contributed by atoms with E-state index in [1.54, 1.807) is 6.20 Å². The van der Waals surface area contributed by atoms with Crippen molar-refractivity contribution in [2.45, 2.75) is 25.8 Å². The number of nitrogens with zero attached hydrogens (tertiary/aromatic N) is 1. The highest BCUT2D eigenvalue weighted by Crippen LogP contribution is 2.18. The van der Waals surface area contributed by atoms with E-state index >= 15 is 0 Å². The van der Waals surface area contributed by atoms with Gasteiger partial charge in [-0.1, -0.05) is 0 Å². The zero-order chi connectivity index (χ0) is 13.0. The molecule has 0 spiro atoms. The molecule has 1 unspecified atom stereocenters. The maximum atomic E-state index is 11.6. The lowest BCUT2D eigenvalue weighted by molar-refractivity contribution is 0.562. The van der Waals surface area contributed by atoms with Crippen molar-refractivity contribution in [1.29, 1.82) is 0 Å². The van der Waals surface area contributed by atoms with E-state index in [1.807, 2.05) is 19.1 Å². The van der Waals surface area contributed by atoms with Gasteiger partial charge in [0.15, 0.2) is 9.84 Å². The summed E-state index contributed by atoms with van der Waals surface area (Å²) in [6.45, 7) is 2.82. The van der Waals surface area contributed by atoms with Crippen molar-refractivity contribution in [1.82, 2.24) is 4.98 Å². The Morgan fingerprint density at radius 2 is 2.33 bits per heavy atom. The summed E-state index contributed by atoms with van der Waals surface area (Å²) in [5.74, 6) is 1.36. The second-order valence-corrected chi connectivity index (χ2v) is 6.79. The molecule has 0 radical (unpaired) electrons.